The van der Waals surface area contributed by atoms with Gasteiger partial charge in [-0.1, -0.05) is 12.1 Å². The van der Waals surface area contributed by atoms with E-state index >= 15 is 0 Å². The van der Waals surface area contributed by atoms with E-state index in [2.05, 4.69) is 0 Å². The van der Waals surface area contributed by atoms with Crippen molar-refractivity contribution in [3.63, 3.8) is 0 Å². The van der Waals surface area contributed by atoms with E-state index < -0.39 is 12.0 Å². The SMILES string of the molecule is CCOc1ccccc1C(=O)N1CCOCC1C(=O)OC. The number of methoxy groups -OCH3 is 1. The number of para-hydroxylation sites is 1. The minimum atomic E-state index is -0.717. The smallest absolute Gasteiger partial charge is 0.331 e. The number of benzene rings is 1. The molecule has 0 bridgehead atoms. The van der Waals surface area contributed by atoms with Gasteiger partial charge < -0.3 is 19.1 Å². The highest BCUT2D eigenvalue weighted by atomic mass is 16.5. The average molecular weight is 293 g/mol. The predicted molar refractivity (Wildman–Crippen MR) is 75.3 cm³/mol. The van der Waals surface area contributed by atoms with Crippen LogP contribution in [0, 0.1) is 0 Å². The minimum Gasteiger partial charge on any atom is -0.493 e. The second-order valence-electron chi connectivity index (χ2n) is 4.54. The van der Waals surface area contributed by atoms with E-state index in [4.69, 9.17) is 14.2 Å². The highest BCUT2D eigenvalue weighted by Gasteiger charge is 2.35. The molecule has 1 heterocycles. The third-order valence-electron chi connectivity index (χ3n) is 3.28. The first kappa shape index (κ1) is 15.3. The van der Waals surface area contributed by atoms with Gasteiger partial charge in [0.05, 0.1) is 32.5 Å². The van der Waals surface area contributed by atoms with Gasteiger partial charge in [-0.25, -0.2) is 4.79 Å². The molecule has 1 amide bonds. The van der Waals surface area contributed by atoms with Crippen LogP contribution in [0.4, 0.5) is 0 Å². The number of carbonyl (C=O) groups excluding carboxylic acids is 2. The van der Waals surface area contributed by atoms with Crippen LogP contribution in [-0.4, -0.2) is 56.3 Å². The Hall–Kier alpha value is -2.08. The summed E-state index contributed by atoms with van der Waals surface area (Å²) in [6.07, 6.45) is 0. The van der Waals surface area contributed by atoms with Gasteiger partial charge in [0.1, 0.15) is 5.75 Å². The standard InChI is InChI=1S/C15H19NO5/c1-3-21-13-7-5-4-6-11(13)14(17)16-8-9-20-10-12(16)15(18)19-2/h4-7,12H,3,8-10H2,1-2H3. The fourth-order valence-electron chi connectivity index (χ4n) is 2.26. The summed E-state index contributed by atoms with van der Waals surface area (Å²) in [4.78, 5) is 26.0. The van der Waals surface area contributed by atoms with Crippen LogP contribution in [-0.2, 0) is 14.3 Å². The van der Waals surface area contributed by atoms with Crippen LogP contribution in [0.25, 0.3) is 0 Å². The highest BCUT2D eigenvalue weighted by molar-refractivity contribution is 5.99. The van der Waals surface area contributed by atoms with E-state index in [9.17, 15) is 9.59 Å². The number of hydrogen-bond donors (Lipinski definition) is 0. The summed E-state index contributed by atoms with van der Waals surface area (Å²) in [5.41, 5.74) is 0.440. The van der Waals surface area contributed by atoms with Gasteiger partial charge in [-0.05, 0) is 19.1 Å². The number of amides is 1. The first-order valence-corrected chi connectivity index (χ1v) is 6.87. The van der Waals surface area contributed by atoms with Crippen molar-refractivity contribution in [1.29, 1.82) is 0 Å². The average Bonchev–Trinajstić information content (AvgIpc) is 2.54. The molecule has 1 unspecified atom stereocenters. The van der Waals surface area contributed by atoms with Gasteiger partial charge in [0.15, 0.2) is 6.04 Å². The quantitative estimate of drug-likeness (QED) is 0.778. The summed E-state index contributed by atoms with van der Waals surface area (Å²) in [5, 5.41) is 0. The van der Waals surface area contributed by atoms with Crippen LogP contribution < -0.4 is 4.74 Å². The lowest BCUT2D eigenvalue weighted by Crippen LogP contribution is -2.53. The number of carbonyl (C=O) groups is 2. The van der Waals surface area contributed by atoms with Crippen LogP contribution in [0.2, 0.25) is 0 Å². The molecule has 0 spiro atoms. The third kappa shape index (κ3) is 3.33. The van der Waals surface area contributed by atoms with Crippen molar-refractivity contribution >= 4 is 11.9 Å². The Morgan fingerprint density at radius 1 is 1.38 bits per heavy atom. The van der Waals surface area contributed by atoms with Crippen molar-refractivity contribution in [2.75, 3.05) is 33.5 Å². The van der Waals surface area contributed by atoms with Crippen LogP contribution in [0.5, 0.6) is 5.75 Å². The Balaban J connectivity index is 2.27. The van der Waals surface area contributed by atoms with Crippen LogP contribution >= 0.6 is 0 Å². The molecular weight excluding hydrogens is 274 g/mol. The molecule has 1 atom stereocenters. The normalized spacial score (nSPS) is 18.2. The maximum absolute atomic E-state index is 12.7. The third-order valence-corrected chi connectivity index (χ3v) is 3.28. The Kier molecular flexibility index (Phi) is 5.16. The molecule has 0 N–H and O–H groups in total. The largest absolute Gasteiger partial charge is 0.493 e. The Morgan fingerprint density at radius 3 is 2.86 bits per heavy atom. The zero-order chi connectivity index (χ0) is 15.2. The number of esters is 1. The second kappa shape index (κ2) is 7.08. The fraction of sp³-hybridized carbons (Fsp3) is 0.467. The van der Waals surface area contributed by atoms with Crippen molar-refractivity contribution in [3.8, 4) is 5.75 Å². The Morgan fingerprint density at radius 2 is 2.14 bits per heavy atom. The van der Waals surface area contributed by atoms with Gasteiger partial charge in [-0.2, -0.15) is 0 Å². The van der Waals surface area contributed by atoms with Crippen molar-refractivity contribution in [2.24, 2.45) is 0 Å². The number of ether oxygens (including phenoxy) is 3. The molecule has 1 aromatic rings. The first-order chi connectivity index (χ1) is 10.2. The van der Waals surface area contributed by atoms with E-state index in [0.29, 0.717) is 31.1 Å². The lowest BCUT2D eigenvalue weighted by atomic mass is 10.1. The molecule has 1 aromatic carbocycles. The number of morpholine rings is 1. The molecule has 2 rings (SSSR count). The molecule has 21 heavy (non-hydrogen) atoms. The number of hydrogen-bond acceptors (Lipinski definition) is 5. The molecule has 6 nitrogen and oxygen atoms in total. The highest BCUT2D eigenvalue weighted by Crippen LogP contribution is 2.22. The number of nitrogens with zero attached hydrogens (tertiary/aromatic N) is 1. The zero-order valence-electron chi connectivity index (χ0n) is 12.2. The summed E-state index contributed by atoms with van der Waals surface area (Å²) >= 11 is 0. The van der Waals surface area contributed by atoms with Crippen LogP contribution in [0.1, 0.15) is 17.3 Å². The van der Waals surface area contributed by atoms with E-state index in [1.165, 1.54) is 12.0 Å². The van der Waals surface area contributed by atoms with Gasteiger partial charge in [0.25, 0.3) is 5.91 Å². The summed E-state index contributed by atoms with van der Waals surface area (Å²) in [6.45, 7) is 3.21. The lowest BCUT2D eigenvalue weighted by molar-refractivity contribution is -0.151. The summed E-state index contributed by atoms with van der Waals surface area (Å²) in [7, 11) is 1.30. The lowest BCUT2D eigenvalue weighted by Gasteiger charge is -2.33. The van der Waals surface area contributed by atoms with Crippen molar-refractivity contribution < 1.29 is 23.8 Å². The maximum Gasteiger partial charge on any atom is 0.331 e. The van der Waals surface area contributed by atoms with E-state index in [1.807, 2.05) is 6.92 Å². The summed E-state index contributed by atoms with van der Waals surface area (Å²) in [5.74, 6) is -0.213. The maximum atomic E-state index is 12.7. The van der Waals surface area contributed by atoms with Gasteiger partial charge in [-0.3, -0.25) is 4.79 Å². The minimum absolute atomic E-state index is 0.148. The summed E-state index contributed by atoms with van der Waals surface area (Å²) < 4.78 is 15.5. The Bertz CT molecular complexity index is 517. The molecule has 0 saturated carbocycles. The Labute approximate surface area is 123 Å². The van der Waals surface area contributed by atoms with Crippen LogP contribution in [0.3, 0.4) is 0 Å². The van der Waals surface area contributed by atoms with Gasteiger partial charge >= 0.3 is 5.97 Å². The van der Waals surface area contributed by atoms with Crippen LogP contribution in [0.15, 0.2) is 24.3 Å². The number of rotatable bonds is 4. The van der Waals surface area contributed by atoms with E-state index in [1.54, 1.807) is 24.3 Å². The molecule has 0 aromatic heterocycles. The molecule has 1 saturated heterocycles. The monoisotopic (exact) mass is 293 g/mol. The van der Waals surface area contributed by atoms with Gasteiger partial charge in [0, 0.05) is 6.54 Å². The first-order valence-electron chi connectivity index (χ1n) is 6.87. The van der Waals surface area contributed by atoms with Crippen molar-refractivity contribution in [1.82, 2.24) is 4.90 Å². The topological polar surface area (TPSA) is 65.1 Å². The van der Waals surface area contributed by atoms with E-state index in [0.717, 1.165) is 0 Å². The van der Waals surface area contributed by atoms with E-state index in [-0.39, 0.29) is 12.5 Å². The molecule has 6 heteroatoms. The molecule has 1 aliphatic rings. The van der Waals surface area contributed by atoms with Crippen molar-refractivity contribution in [2.45, 2.75) is 13.0 Å². The molecule has 0 radical (unpaired) electrons. The molecule has 1 aliphatic heterocycles. The summed E-state index contributed by atoms with van der Waals surface area (Å²) in [6, 6.07) is 6.29. The fourth-order valence-corrected chi connectivity index (χ4v) is 2.26. The predicted octanol–water partition coefficient (Wildman–Crippen LogP) is 1.10. The molecular formula is C15H19NO5. The molecule has 114 valence electrons. The molecule has 0 aliphatic carbocycles. The van der Waals surface area contributed by atoms with Crippen molar-refractivity contribution in [3.05, 3.63) is 29.8 Å². The van der Waals surface area contributed by atoms with Gasteiger partial charge in [0.2, 0.25) is 0 Å². The van der Waals surface area contributed by atoms with Gasteiger partial charge in [-0.15, -0.1) is 0 Å². The zero-order valence-corrected chi connectivity index (χ0v) is 12.2. The second-order valence-corrected chi connectivity index (χ2v) is 4.54. The molecule has 1 fully saturated rings.